The lowest BCUT2D eigenvalue weighted by Gasteiger charge is -2.47. The first-order valence-corrected chi connectivity index (χ1v) is 19.8. The topological polar surface area (TPSA) is 397 Å². The summed E-state index contributed by atoms with van der Waals surface area (Å²) in [6, 6.07) is 5.57. The van der Waals surface area contributed by atoms with Crippen LogP contribution in [0.15, 0.2) is 39.5 Å². The molecule has 1 aromatic heterocycles. The van der Waals surface area contributed by atoms with Crippen LogP contribution in [0, 0.1) is 0 Å². The van der Waals surface area contributed by atoms with Crippen LogP contribution in [0.2, 0.25) is 0 Å². The predicted octanol–water partition coefficient (Wildman–Crippen LogP) is -5.10. The van der Waals surface area contributed by atoms with Crippen LogP contribution in [0.1, 0.15) is 6.92 Å². The normalized spacial score (nSPS) is 39.4. The Morgan fingerprint density at radius 2 is 1.30 bits per heavy atom. The lowest BCUT2D eigenvalue weighted by molar-refractivity contribution is -0.373. The molecule has 7 rings (SSSR count). The first-order valence-electron chi connectivity index (χ1n) is 19.8. The van der Waals surface area contributed by atoms with Crippen molar-refractivity contribution in [2.24, 2.45) is 0 Å². The smallest absolute Gasteiger partial charge is 0.239 e. The van der Waals surface area contributed by atoms with E-state index in [1.807, 2.05) is 0 Å². The molecular formula is C39H50O25. The molecule has 25 heteroatoms. The minimum atomic E-state index is -2.03. The summed E-state index contributed by atoms with van der Waals surface area (Å²) in [7, 11) is 1.16. The van der Waals surface area contributed by atoms with Crippen LogP contribution in [-0.4, -0.2) is 215 Å². The van der Waals surface area contributed by atoms with E-state index in [0.717, 1.165) is 31.4 Å². The van der Waals surface area contributed by atoms with Crippen molar-refractivity contribution < 1.29 is 119 Å². The molecule has 0 spiro atoms. The van der Waals surface area contributed by atoms with E-state index in [9.17, 15) is 76.3 Å². The van der Waals surface area contributed by atoms with Crippen molar-refractivity contribution in [3.05, 3.63) is 40.6 Å². The molecule has 25 nitrogen and oxygen atoms in total. The van der Waals surface area contributed by atoms with E-state index >= 15 is 0 Å². The van der Waals surface area contributed by atoms with Crippen LogP contribution in [-0.2, 0) is 33.2 Å². The van der Waals surface area contributed by atoms with Gasteiger partial charge in [-0.1, -0.05) is 0 Å². The second-order valence-corrected chi connectivity index (χ2v) is 15.6. The number of hydrogen-bond acceptors (Lipinski definition) is 25. The van der Waals surface area contributed by atoms with Gasteiger partial charge in [-0.3, -0.25) is 4.79 Å². The fraction of sp³-hybridized carbons (Fsp3) is 0.615. The molecule has 0 amide bonds. The average molecular weight is 919 g/mol. The van der Waals surface area contributed by atoms with E-state index in [-0.39, 0.29) is 28.4 Å². The van der Waals surface area contributed by atoms with Gasteiger partial charge in [-0.15, -0.1) is 0 Å². The van der Waals surface area contributed by atoms with Crippen LogP contribution in [0.4, 0.5) is 0 Å². The fourth-order valence-electron chi connectivity index (χ4n) is 7.64. The number of benzene rings is 2. The van der Waals surface area contributed by atoms with Crippen LogP contribution in [0.5, 0.6) is 28.7 Å². The van der Waals surface area contributed by atoms with Gasteiger partial charge in [-0.05, 0) is 25.1 Å². The minimum Gasteiger partial charge on any atom is -0.507 e. The Balaban J connectivity index is 1.18. The van der Waals surface area contributed by atoms with E-state index in [1.165, 1.54) is 13.0 Å². The molecule has 0 radical (unpaired) electrons. The van der Waals surface area contributed by atoms with Crippen molar-refractivity contribution in [2.75, 3.05) is 26.9 Å². The van der Waals surface area contributed by atoms with Crippen molar-refractivity contribution in [3.8, 4) is 40.1 Å². The third kappa shape index (κ3) is 9.19. The molecule has 0 aliphatic carbocycles. The van der Waals surface area contributed by atoms with Crippen molar-refractivity contribution >= 4 is 11.0 Å². The first-order chi connectivity index (χ1) is 30.3. The van der Waals surface area contributed by atoms with E-state index in [1.54, 1.807) is 0 Å². The van der Waals surface area contributed by atoms with Crippen LogP contribution < -0.4 is 14.9 Å². The Morgan fingerprint density at radius 1 is 0.656 bits per heavy atom. The molecule has 14 N–H and O–H groups in total. The maximum absolute atomic E-state index is 13.6. The molecule has 19 atom stereocenters. The molecule has 64 heavy (non-hydrogen) atoms. The van der Waals surface area contributed by atoms with Gasteiger partial charge in [0, 0.05) is 17.7 Å². The SMILES string of the molecule is COc1c(-c2ccc(O)c(O)c2)oc2cc(O[C@@H]3O[C@H](CO[C@@H]4O[C@@H](C)[C@H](O)[C@@H](O)[C@H]4O[C@@H]4O[C@@H](CO)[C@H](O)[C@@H](O)[C@@H]4O)[C@@H](O)[C@H](O)[C@H]3O[C@@H]3OC[C@@H](O)[C@H](O)[C@H]3O)cc(O)c2c1=O. The summed E-state index contributed by atoms with van der Waals surface area (Å²) in [6.45, 7) is -0.744. The van der Waals surface area contributed by atoms with Crippen LogP contribution >= 0.6 is 0 Å². The number of fused-ring (bicyclic) bond motifs is 1. The highest BCUT2D eigenvalue weighted by molar-refractivity contribution is 5.88. The summed E-state index contributed by atoms with van der Waals surface area (Å²) in [5, 5.41) is 147. The highest BCUT2D eigenvalue weighted by Crippen LogP contribution is 2.40. The minimum absolute atomic E-state index is 0.0681. The van der Waals surface area contributed by atoms with Crippen molar-refractivity contribution in [1.29, 1.82) is 0 Å². The lowest BCUT2D eigenvalue weighted by atomic mass is 9.97. The van der Waals surface area contributed by atoms with Gasteiger partial charge < -0.3 is 119 Å². The predicted molar refractivity (Wildman–Crippen MR) is 204 cm³/mol. The fourth-order valence-corrected chi connectivity index (χ4v) is 7.64. The number of methoxy groups -OCH3 is 1. The van der Waals surface area contributed by atoms with Gasteiger partial charge >= 0.3 is 0 Å². The summed E-state index contributed by atoms with van der Waals surface area (Å²) in [5.74, 6) is -2.72. The number of phenols is 3. The van der Waals surface area contributed by atoms with Gasteiger partial charge in [0.15, 0.2) is 42.2 Å². The molecule has 356 valence electrons. The summed E-state index contributed by atoms with van der Waals surface area (Å²) in [6.07, 6.45) is -33.2. The van der Waals surface area contributed by atoms with Crippen LogP contribution in [0.25, 0.3) is 22.3 Å². The van der Waals surface area contributed by atoms with E-state index in [2.05, 4.69) is 0 Å². The number of aliphatic hydroxyl groups is 11. The highest BCUT2D eigenvalue weighted by Gasteiger charge is 2.53. The van der Waals surface area contributed by atoms with E-state index < -0.39 is 165 Å². The Bertz CT molecular complexity index is 2130. The summed E-state index contributed by atoms with van der Waals surface area (Å²) in [4.78, 5) is 13.6. The van der Waals surface area contributed by atoms with Gasteiger partial charge in [0.05, 0.1) is 33.0 Å². The standard InChI is InChI=1S/C39H50O25/c1-11-22(45)28(51)34(64-37-31(54)27(50)24(47)19(8-40)61-37)38(58-11)57-10-20-25(48)29(52)35(63-36-30(53)23(46)17(44)9-56-36)39(62-20)59-13-6-16(43)21-18(7-13)60-32(33(55-2)26(21)49)12-3-4-14(41)15(42)5-12/h3-7,11,17,19-20,22-25,27-31,34-48,50-54H,8-10H2,1-2H3/t11-,17+,19-,20+,22-,23-,24-,25+,27+,28+,29-,30+,31-,34+,35+,36-,37-,38+,39+/m0/s1. The maximum Gasteiger partial charge on any atom is 0.239 e. The number of rotatable bonds is 12. The maximum atomic E-state index is 13.6. The second-order valence-electron chi connectivity index (χ2n) is 15.6. The van der Waals surface area contributed by atoms with Gasteiger partial charge in [-0.25, -0.2) is 0 Å². The first kappa shape index (κ1) is 47.9. The number of phenolic OH excluding ortho intramolecular Hbond substituents is 3. The summed E-state index contributed by atoms with van der Waals surface area (Å²) >= 11 is 0. The lowest BCUT2D eigenvalue weighted by Crippen LogP contribution is -2.65. The highest BCUT2D eigenvalue weighted by atomic mass is 16.8. The summed E-state index contributed by atoms with van der Waals surface area (Å²) < 4.78 is 57.1. The number of hydrogen-bond donors (Lipinski definition) is 14. The van der Waals surface area contributed by atoms with Gasteiger partial charge in [-0.2, -0.15) is 0 Å². The quantitative estimate of drug-likeness (QED) is 0.0756. The molecule has 5 heterocycles. The zero-order chi connectivity index (χ0) is 46.5. The van der Waals surface area contributed by atoms with Crippen molar-refractivity contribution in [1.82, 2.24) is 0 Å². The Kier molecular flexibility index (Phi) is 14.5. The van der Waals surface area contributed by atoms with Crippen molar-refractivity contribution in [3.63, 3.8) is 0 Å². The Hall–Kier alpha value is -4.07. The number of aliphatic hydroxyl groups excluding tert-OH is 11. The molecule has 4 saturated heterocycles. The molecule has 3 aromatic rings. The average Bonchev–Trinajstić information content (AvgIpc) is 3.26. The number of ether oxygens (including phenoxy) is 9. The number of aromatic hydroxyl groups is 3. The molecule has 0 bridgehead atoms. The molecule has 4 aliphatic heterocycles. The zero-order valence-corrected chi connectivity index (χ0v) is 33.7. The van der Waals surface area contributed by atoms with Gasteiger partial charge in [0.25, 0.3) is 0 Å². The van der Waals surface area contributed by atoms with Gasteiger partial charge in [0.2, 0.25) is 17.5 Å². The van der Waals surface area contributed by atoms with Gasteiger partial charge in [0.1, 0.15) is 102 Å². The third-order valence-electron chi connectivity index (χ3n) is 11.3. The van der Waals surface area contributed by atoms with Crippen molar-refractivity contribution in [2.45, 2.75) is 124 Å². The molecule has 4 fully saturated rings. The van der Waals surface area contributed by atoms with E-state index in [0.29, 0.717) is 0 Å². The van der Waals surface area contributed by atoms with E-state index in [4.69, 9.17) is 47.0 Å². The molecule has 2 aromatic carbocycles. The summed E-state index contributed by atoms with van der Waals surface area (Å²) in [5.41, 5.74) is -1.12. The Morgan fingerprint density at radius 3 is 1.98 bits per heavy atom. The third-order valence-corrected chi connectivity index (χ3v) is 11.3. The molecule has 4 aliphatic rings. The molecular weight excluding hydrogens is 868 g/mol. The second kappa shape index (κ2) is 19.4. The molecule has 0 saturated carbocycles. The Labute approximate surface area is 360 Å². The monoisotopic (exact) mass is 918 g/mol. The zero-order valence-electron chi connectivity index (χ0n) is 33.7. The van der Waals surface area contributed by atoms with Crippen LogP contribution in [0.3, 0.4) is 0 Å². The molecule has 0 unspecified atom stereocenters. The largest absolute Gasteiger partial charge is 0.507 e.